The molecule has 0 radical (unpaired) electrons. The van der Waals surface area contributed by atoms with E-state index in [9.17, 15) is 8.42 Å². The average molecular weight is 381 g/mol. The van der Waals surface area contributed by atoms with Crippen LogP contribution >= 0.6 is 0 Å². The Morgan fingerprint density at radius 3 is 0.958 bits per heavy atom. The van der Waals surface area contributed by atoms with Crippen LogP contribution in [0.15, 0.2) is 0 Å². The van der Waals surface area contributed by atoms with Crippen molar-refractivity contribution >= 4 is 22.0 Å². The first-order chi connectivity index (χ1) is 10.3. The van der Waals surface area contributed by atoms with Gasteiger partial charge in [0.05, 0.1) is 31.5 Å². The topological polar surface area (TPSA) is 86.2 Å². The van der Waals surface area contributed by atoms with Gasteiger partial charge >= 0.3 is 0 Å². The van der Waals surface area contributed by atoms with Gasteiger partial charge in [0.25, 0.3) is 0 Å². The van der Waals surface area contributed by atoms with Gasteiger partial charge in [-0.3, -0.25) is 10.3 Å². The van der Waals surface area contributed by atoms with Crippen molar-refractivity contribution in [2.75, 3.05) is 0 Å². The van der Waals surface area contributed by atoms with E-state index in [4.69, 9.17) is 10.3 Å². The molecule has 4 unspecified atom stereocenters. The Kier molecular flexibility index (Phi) is 7.92. The molecular formula is C18H40N2O2S2. The van der Waals surface area contributed by atoms with Crippen LogP contribution in [0.4, 0.5) is 0 Å². The third-order valence-electron chi connectivity index (χ3n) is 5.22. The molecule has 0 heterocycles. The summed E-state index contributed by atoms with van der Waals surface area (Å²) in [5.41, 5.74) is 0.0293. The first-order valence-corrected chi connectivity index (χ1v) is 11.1. The summed E-state index contributed by atoms with van der Waals surface area (Å²) in [5.74, 6) is 0.561. The fourth-order valence-corrected chi connectivity index (χ4v) is 4.02. The van der Waals surface area contributed by atoms with Crippen molar-refractivity contribution < 1.29 is 8.42 Å². The molecule has 0 saturated heterocycles. The maximum Gasteiger partial charge on any atom is 0.0945 e. The quantitative estimate of drug-likeness (QED) is 0.702. The summed E-state index contributed by atoms with van der Waals surface area (Å²) < 4.78 is 23.1. The van der Waals surface area contributed by atoms with E-state index in [-0.39, 0.29) is 22.7 Å². The molecule has 0 rings (SSSR count). The van der Waals surface area contributed by atoms with E-state index in [2.05, 4.69) is 41.5 Å². The van der Waals surface area contributed by atoms with E-state index in [1.807, 2.05) is 27.7 Å². The second kappa shape index (κ2) is 7.85. The van der Waals surface area contributed by atoms with Crippen LogP contribution in [-0.4, -0.2) is 17.9 Å². The number of nitrogens with two attached hydrogens (primary N) is 2. The van der Waals surface area contributed by atoms with Crippen molar-refractivity contribution in [1.82, 2.24) is 0 Å². The molecule has 0 spiro atoms. The van der Waals surface area contributed by atoms with E-state index in [1.54, 1.807) is 0 Å². The van der Waals surface area contributed by atoms with Crippen LogP contribution in [0.3, 0.4) is 0 Å². The largest absolute Gasteiger partial charge is 0.251 e. The highest BCUT2D eigenvalue weighted by atomic mass is 32.2. The molecule has 0 aliphatic heterocycles. The molecule has 0 aromatic carbocycles. The highest BCUT2D eigenvalue weighted by Gasteiger charge is 2.45. The molecular weight excluding hydrogens is 340 g/mol. The van der Waals surface area contributed by atoms with Gasteiger partial charge in [0.15, 0.2) is 0 Å². The zero-order valence-corrected chi connectivity index (χ0v) is 19.0. The molecule has 24 heavy (non-hydrogen) atoms. The summed E-state index contributed by atoms with van der Waals surface area (Å²) in [6.07, 6.45) is 1.52. The highest BCUT2D eigenvalue weighted by molar-refractivity contribution is 7.84. The summed E-state index contributed by atoms with van der Waals surface area (Å²) >= 11 is 0. The molecule has 0 aliphatic rings. The zero-order chi connectivity index (χ0) is 19.7. The standard InChI is InChI=1S/C18H40N2O2S2/c1-15(2,3)13(11-17(7,8)23(19)21)14(16(4,5)6)12-18(9,10)24(20)22/h13-14H,11-12,19-20H2,1-10H3. The molecule has 0 saturated carbocycles. The third kappa shape index (κ3) is 6.85. The number of hydrogen-bond donors (Lipinski definition) is 2. The molecule has 0 bridgehead atoms. The molecule has 0 aromatic heterocycles. The van der Waals surface area contributed by atoms with Gasteiger partial charge in [-0.05, 0) is 63.2 Å². The molecule has 4 nitrogen and oxygen atoms in total. The van der Waals surface area contributed by atoms with Crippen molar-refractivity contribution in [1.29, 1.82) is 0 Å². The lowest BCUT2D eigenvalue weighted by molar-refractivity contribution is 0.0455. The van der Waals surface area contributed by atoms with Crippen LogP contribution in [0.5, 0.6) is 0 Å². The molecule has 0 aromatic rings. The maximum absolute atomic E-state index is 12.0. The second-order valence-corrected chi connectivity index (χ2v) is 13.9. The normalized spacial score (nSPS) is 19.7. The fourth-order valence-electron chi connectivity index (χ4n) is 3.33. The van der Waals surface area contributed by atoms with Crippen molar-refractivity contribution in [2.45, 2.75) is 91.6 Å². The fraction of sp³-hybridized carbons (Fsp3) is 1.00. The molecule has 6 heteroatoms. The maximum atomic E-state index is 12.0. The van der Waals surface area contributed by atoms with Gasteiger partial charge in [-0.1, -0.05) is 41.5 Å². The summed E-state index contributed by atoms with van der Waals surface area (Å²) in [4.78, 5) is 0. The minimum Gasteiger partial charge on any atom is -0.251 e. The SMILES string of the molecule is CC(C)(C)C(CC(C)(C)S(N)=O)C(CC(C)(C)S(N)=O)C(C)(C)C. The summed E-state index contributed by atoms with van der Waals surface area (Å²) in [6, 6.07) is 0. The van der Waals surface area contributed by atoms with E-state index in [0.717, 1.165) is 12.8 Å². The van der Waals surface area contributed by atoms with Crippen molar-refractivity contribution in [3.63, 3.8) is 0 Å². The average Bonchev–Trinajstić information content (AvgIpc) is 2.30. The highest BCUT2D eigenvalue weighted by Crippen LogP contribution is 2.49. The minimum atomic E-state index is -1.39. The Morgan fingerprint density at radius 1 is 0.625 bits per heavy atom. The van der Waals surface area contributed by atoms with Gasteiger partial charge in [0.1, 0.15) is 0 Å². The van der Waals surface area contributed by atoms with E-state index in [1.165, 1.54) is 0 Å². The van der Waals surface area contributed by atoms with E-state index < -0.39 is 31.5 Å². The number of rotatable bonds is 7. The first kappa shape index (κ1) is 24.2. The van der Waals surface area contributed by atoms with E-state index >= 15 is 0 Å². The van der Waals surface area contributed by atoms with Crippen molar-refractivity contribution in [3.05, 3.63) is 0 Å². The Bertz CT molecular complexity index is 430. The predicted octanol–water partition coefficient (Wildman–Crippen LogP) is 3.89. The van der Waals surface area contributed by atoms with Crippen LogP contribution in [-0.2, 0) is 22.0 Å². The van der Waals surface area contributed by atoms with Crippen LogP contribution in [0, 0.1) is 22.7 Å². The van der Waals surface area contributed by atoms with Gasteiger partial charge in [0, 0.05) is 0 Å². The summed E-state index contributed by atoms with van der Waals surface area (Å²) in [6.45, 7) is 21.2. The van der Waals surface area contributed by atoms with Gasteiger partial charge in [0.2, 0.25) is 0 Å². The lowest BCUT2D eigenvalue weighted by atomic mass is 9.60. The molecule has 0 fully saturated rings. The van der Waals surface area contributed by atoms with Gasteiger partial charge in [-0.2, -0.15) is 0 Å². The van der Waals surface area contributed by atoms with Crippen molar-refractivity contribution in [3.8, 4) is 0 Å². The molecule has 0 amide bonds. The van der Waals surface area contributed by atoms with Crippen LogP contribution in [0.25, 0.3) is 0 Å². The smallest absolute Gasteiger partial charge is 0.0945 e. The predicted molar refractivity (Wildman–Crippen MR) is 108 cm³/mol. The minimum absolute atomic E-state index is 0.0146. The third-order valence-corrected chi connectivity index (χ3v) is 7.73. The van der Waals surface area contributed by atoms with Gasteiger partial charge in [-0.25, -0.2) is 8.42 Å². The van der Waals surface area contributed by atoms with Gasteiger partial charge < -0.3 is 0 Å². The Hall–Kier alpha value is 0.220. The first-order valence-electron chi connectivity index (χ1n) is 8.65. The second-order valence-electron chi connectivity index (χ2n) is 10.5. The molecule has 4 atom stereocenters. The molecule has 0 aliphatic carbocycles. The van der Waals surface area contributed by atoms with Gasteiger partial charge in [-0.15, -0.1) is 0 Å². The van der Waals surface area contributed by atoms with E-state index in [0.29, 0.717) is 0 Å². The molecule has 146 valence electrons. The monoisotopic (exact) mass is 380 g/mol. The lowest BCUT2D eigenvalue weighted by Gasteiger charge is -2.48. The lowest BCUT2D eigenvalue weighted by Crippen LogP contribution is -2.46. The number of hydrogen-bond acceptors (Lipinski definition) is 2. The Morgan fingerprint density at radius 2 is 0.833 bits per heavy atom. The van der Waals surface area contributed by atoms with Crippen LogP contribution in [0.2, 0.25) is 0 Å². The zero-order valence-electron chi connectivity index (χ0n) is 17.4. The van der Waals surface area contributed by atoms with Crippen LogP contribution in [0.1, 0.15) is 82.1 Å². The van der Waals surface area contributed by atoms with Crippen LogP contribution < -0.4 is 10.3 Å². The Balaban J connectivity index is 5.97. The Labute approximate surface area is 155 Å². The molecule has 4 N–H and O–H groups in total. The summed E-state index contributed by atoms with van der Waals surface area (Å²) in [5, 5.41) is 11.5. The summed E-state index contributed by atoms with van der Waals surface area (Å²) in [7, 11) is -2.78. The van der Waals surface area contributed by atoms with Crippen molar-refractivity contribution in [2.24, 2.45) is 32.9 Å².